The molecule has 0 aliphatic carbocycles. The van der Waals surface area contributed by atoms with Crippen LogP contribution < -0.4 is 38.6 Å². The lowest BCUT2D eigenvalue weighted by atomic mass is 10.1. The van der Waals surface area contributed by atoms with Gasteiger partial charge in [-0.1, -0.05) is 0 Å². The molecule has 0 radical (unpaired) electrons. The van der Waals surface area contributed by atoms with E-state index in [9.17, 15) is 4.79 Å². The second kappa shape index (κ2) is 8.95. The molecule has 3 aromatic rings. The van der Waals surface area contributed by atoms with E-state index >= 15 is 0 Å². The van der Waals surface area contributed by atoms with Crippen molar-refractivity contribution in [3.05, 3.63) is 28.4 Å². The molecule has 0 atom stereocenters. The Kier molecular flexibility index (Phi) is 6.33. The highest BCUT2D eigenvalue weighted by atomic mass is 16.5. The second-order valence-corrected chi connectivity index (χ2v) is 6.22. The Morgan fingerprint density at radius 1 is 0.581 bits per heavy atom. The van der Waals surface area contributed by atoms with Gasteiger partial charge in [-0.15, -0.1) is 0 Å². The molecule has 166 valence electrons. The van der Waals surface area contributed by atoms with E-state index in [-0.39, 0.29) is 27.9 Å². The monoisotopic (exact) mass is 432 g/mol. The number of hydrogen-bond donors (Lipinski definition) is 0. The van der Waals surface area contributed by atoms with Gasteiger partial charge in [0.25, 0.3) is 0 Å². The summed E-state index contributed by atoms with van der Waals surface area (Å²) in [5.41, 5.74) is 0.336. The number of fused-ring (bicyclic) bond motifs is 1. The van der Waals surface area contributed by atoms with E-state index in [1.165, 1.54) is 55.8 Å². The Morgan fingerprint density at radius 2 is 1.10 bits per heavy atom. The first-order valence-electron chi connectivity index (χ1n) is 9.13. The molecular weight excluding hydrogens is 408 g/mol. The van der Waals surface area contributed by atoms with Crippen LogP contribution in [0, 0.1) is 0 Å². The van der Waals surface area contributed by atoms with Gasteiger partial charge < -0.3 is 37.6 Å². The van der Waals surface area contributed by atoms with E-state index in [2.05, 4.69) is 0 Å². The lowest BCUT2D eigenvalue weighted by molar-refractivity contribution is 0.306. The van der Waals surface area contributed by atoms with Gasteiger partial charge >= 0.3 is 0 Å². The van der Waals surface area contributed by atoms with Crippen LogP contribution in [0.5, 0.6) is 40.2 Å². The van der Waals surface area contributed by atoms with E-state index in [0.29, 0.717) is 40.1 Å². The zero-order chi connectivity index (χ0) is 22.7. The topological polar surface area (TPSA) is 94.8 Å². The van der Waals surface area contributed by atoms with Crippen LogP contribution in [-0.4, -0.2) is 49.8 Å². The summed E-state index contributed by atoms with van der Waals surface area (Å²) in [6, 6.07) is 4.54. The molecule has 0 N–H and O–H groups in total. The third kappa shape index (κ3) is 3.52. The molecule has 0 spiro atoms. The first kappa shape index (κ1) is 21.9. The molecule has 1 aromatic heterocycles. The van der Waals surface area contributed by atoms with Crippen LogP contribution in [0.2, 0.25) is 0 Å². The Hall–Kier alpha value is -3.75. The van der Waals surface area contributed by atoms with Gasteiger partial charge in [0.15, 0.2) is 28.4 Å². The quantitative estimate of drug-likeness (QED) is 0.530. The summed E-state index contributed by atoms with van der Waals surface area (Å²) < 4.78 is 44.1. The summed E-state index contributed by atoms with van der Waals surface area (Å²) in [6.07, 6.45) is 0. The van der Waals surface area contributed by atoms with Crippen molar-refractivity contribution in [1.82, 2.24) is 0 Å². The Balaban J connectivity index is 2.41. The molecular formula is C22H24O9. The normalized spacial score (nSPS) is 10.5. The molecule has 1 heterocycles. The summed E-state index contributed by atoms with van der Waals surface area (Å²) in [6.45, 7) is 0. The minimum Gasteiger partial charge on any atom is -0.493 e. The van der Waals surface area contributed by atoms with Crippen molar-refractivity contribution in [2.75, 3.05) is 49.8 Å². The standard InChI is InChI=1S/C22H24O9/c1-24-15-8-11(18(26-3)22(30-7)20(15)28-5)13-9-12(23)17-14(31-13)10-16(25-2)19(27-4)21(17)29-6/h8-10H,1-7H3. The van der Waals surface area contributed by atoms with Gasteiger partial charge in [-0.25, -0.2) is 0 Å². The van der Waals surface area contributed by atoms with Gasteiger partial charge in [0, 0.05) is 12.1 Å². The minimum absolute atomic E-state index is 0.217. The van der Waals surface area contributed by atoms with Crippen LogP contribution >= 0.6 is 0 Å². The highest BCUT2D eigenvalue weighted by Crippen LogP contribution is 2.50. The van der Waals surface area contributed by atoms with Gasteiger partial charge in [0.05, 0.1) is 55.3 Å². The van der Waals surface area contributed by atoms with Gasteiger partial charge in [-0.3, -0.25) is 4.79 Å². The molecule has 0 unspecified atom stereocenters. The summed E-state index contributed by atoms with van der Waals surface area (Å²) in [7, 11) is 10.3. The molecule has 0 saturated heterocycles. The Labute approximate surface area is 178 Å². The first-order chi connectivity index (χ1) is 15.0. The van der Waals surface area contributed by atoms with Gasteiger partial charge in [-0.2, -0.15) is 0 Å². The average molecular weight is 432 g/mol. The maximum atomic E-state index is 13.1. The molecule has 9 heteroatoms. The fourth-order valence-corrected chi connectivity index (χ4v) is 3.43. The van der Waals surface area contributed by atoms with Crippen molar-refractivity contribution in [3.8, 4) is 51.6 Å². The molecule has 0 aliphatic heterocycles. The van der Waals surface area contributed by atoms with Gasteiger partial charge in [0.2, 0.25) is 17.2 Å². The van der Waals surface area contributed by atoms with Crippen molar-refractivity contribution in [2.24, 2.45) is 0 Å². The number of benzene rings is 2. The predicted octanol–water partition coefficient (Wildman–Crippen LogP) is 3.52. The van der Waals surface area contributed by atoms with Crippen molar-refractivity contribution in [2.45, 2.75) is 0 Å². The van der Waals surface area contributed by atoms with Crippen LogP contribution in [0.3, 0.4) is 0 Å². The summed E-state index contributed by atoms with van der Waals surface area (Å²) in [4.78, 5) is 13.1. The van der Waals surface area contributed by atoms with E-state index in [1.807, 2.05) is 0 Å². The number of ether oxygens (including phenoxy) is 7. The minimum atomic E-state index is -0.343. The van der Waals surface area contributed by atoms with E-state index in [1.54, 1.807) is 12.1 Å². The second-order valence-electron chi connectivity index (χ2n) is 6.22. The number of rotatable bonds is 8. The largest absolute Gasteiger partial charge is 0.493 e. The fourth-order valence-electron chi connectivity index (χ4n) is 3.43. The van der Waals surface area contributed by atoms with E-state index in [4.69, 9.17) is 37.6 Å². The number of hydrogen-bond acceptors (Lipinski definition) is 9. The van der Waals surface area contributed by atoms with Gasteiger partial charge in [0.1, 0.15) is 16.7 Å². The molecule has 0 amide bonds. The Morgan fingerprint density at radius 3 is 1.61 bits per heavy atom. The summed E-state index contributed by atoms with van der Waals surface area (Å²) in [5, 5.41) is 0.218. The van der Waals surface area contributed by atoms with Crippen molar-refractivity contribution in [3.63, 3.8) is 0 Å². The molecule has 9 nitrogen and oxygen atoms in total. The highest BCUT2D eigenvalue weighted by molar-refractivity contribution is 5.90. The van der Waals surface area contributed by atoms with Crippen LogP contribution in [0.4, 0.5) is 0 Å². The zero-order valence-corrected chi connectivity index (χ0v) is 18.4. The third-order valence-corrected chi connectivity index (χ3v) is 4.78. The van der Waals surface area contributed by atoms with Crippen molar-refractivity contribution in [1.29, 1.82) is 0 Å². The first-order valence-corrected chi connectivity index (χ1v) is 9.13. The highest BCUT2D eigenvalue weighted by Gasteiger charge is 2.26. The third-order valence-electron chi connectivity index (χ3n) is 4.78. The van der Waals surface area contributed by atoms with Crippen LogP contribution in [0.25, 0.3) is 22.3 Å². The summed E-state index contributed by atoms with van der Waals surface area (Å²) in [5.74, 6) is 2.43. The smallest absolute Gasteiger partial charge is 0.208 e. The van der Waals surface area contributed by atoms with E-state index in [0.717, 1.165) is 0 Å². The maximum absolute atomic E-state index is 13.1. The average Bonchev–Trinajstić information content (AvgIpc) is 2.80. The molecule has 31 heavy (non-hydrogen) atoms. The predicted molar refractivity (Wildman–Crippen MR) is 114 cm³/mol. The van der Waals surface area contributed by atoms with Crippen LogP contribution in [0.1, 0.15) is 0 Å². The molecule has 0 aliphatic rings. The molecule has 0 fully saturated rings. The molecule has 2 aromatic carbocycles. The molecule has 0 bridgehead atoms. The van der Waals surface area contributed by atoms with Crippen LogP contribution in [-0.2, 0) is 0 Å². The van der Waals surface area contributed by atoms with Crippen molar-refractivity contribution >= 4 is 11.0 Å². The molecule has 0 saturated carbocycles. The van der Waals surface area contributed by atoms with Crippen molar-refractivity contribution < 1.29 is 37.6 Å². The van der Waals surface area contributed by atoms with E-state index < -0.39 is 0 Å². The van der Waals surface area contributed by atoms with Gasteiger partial charge in [-0.05, 0) is 6.07 Å². The van der Waals surface area contributed by atoms with Crippen LogP contribution in [0.15, 0.2) is 27.4 Å². The fraction of sp³-hybridized carbons (Fsp3) is 0.318. The maximum Gasteiger partial charge on any atom is 0.208 e. The number of methoxy groups -OCH3 is 7. The Bertz CT molecular complexity index is 1160. The summed E-state index contributed by atoms with van der Waals surface area (Å²) >= 11 is 0. The lowest BCUT2D eigenvalue weighted by Crippen LogP contribution is -2.06. The lowest BCUT2D eigenvalue weighted by Gasteiger charge is -2.18. The zero-order valence-electron chi connectivity index (χ0n) is 18.4. The SMILES string of the molecule is COc1cc(-c2cc(=O)c3c(OC)c(OC)c(OC)cc3o2)c(OC)c(OC)c1OC. The molecule has 3 rings (SSSR count).